The van der Waals surface area contributed by atoms with Crippen LogP contribution in [0.2, 0.25) is 0 Å². The van der Waals surface area contributed by atoms with Crippen LogP contribution < -0.4 is 10.0 Å². The lowest BCUT2D eigenvalue weighted by Gasteiger charge is -2.12. The van der Waals surface area contributed by atoms with Crippen molar-refractivity contribution in [2.24, 2.45) is 0 Å². The van der Waals surface area contributed by atoms with Gasteiger partial charge in [0.05, 0.1) is 16.7 Å². The van der Waals surface area contributed by atoms with Gasteiger partial charge in [0, 0.05) is 37.7 Å². The summed E-state index contributed by atoms with van der Waals surface area (Å²) in [6.07, 6.45) is 5.25. The minimum Gasteiger partial charge on any atom is -0.377 e. The summed E-state index contributed by atoms with van der Waals surface area (Å²) in [7, 11) is -3.72. The van der Waals surface area contributed by atoms with Crippen LogP contribution in [0.4, 0.5) is 0 Å². The van der Waals surface area contributed by atoms with Crippen LogP contribution in [0.25, 0.3) is 5.69 Å². The molecule has 162 valence electrons. The van der Waals surface area contributed by atoms with Crippen LogP contribution in [0, 0.1) is 0 Å². The lowest BCUT2D eigenvalue weighted by atomic mass is 10.2. The van der Waals surface area contributed by atoms with Crippen molar-refractivity contribution in [1.82, 2.24) is 19.8 Å². The van der Waals surface area contributed by atoms with Crippen molar-refractivity contribution in [3.05, 3.63) is 78.1 Å². The molecule has 1 fully saturated rings. The molecule has 2 N–H and O–H groups in total. The number of amides is 1. The van der Waals surface area contributed by atoms with Gasteiger partial charge in [-0.3, -0.25) is 4.79 Å². The lowest BCUT2D eigenvalue weighted by Crippen LogP contribution is -2.32. The number of nitrogens with one attached hydrogen (secondary N) is 2. The molecule has 1 atom stereocenters. The van der Waals surface area contributed by atoms with Gasteiger partial charge in [0.15, 0.2) is 0 Å². The SMILES string of the molecule is O=C(NCc1ccc(-n2cccn2)cc1)c1cccc(S(=O)(=O)NCC2CCCO2)c1. The molecule has 0 radical (unpaired) electrons. The summed E-state index contributed by atoms with van der Waals surface area (Å²) >= 11 is 0. The third-order valence-corrected chi connectivity index (χ3v) is 6.51. The normalized spacial score (nSPS) is 16.3. The topological polar surface area (TPSA) is 102 Å². The van der Waals surface area contributed by atoms with Gasteiger partial charge in [-0.05, 0) is 54.8 Å². The molecule has 1 saturated heterocycles. The molecule has 2 aromatic carbocycles. The first kappa shape index (κ1) is 21.2. The van der Waals surface area contributed by atoms with E-state index in [1.54, 1.807) is 23.0 Å². The molecule has 3 aromatic rings. The van der Waals surface area contributed by atoms with Crippen LogP contribution >= 0.6 is 0 Å². The van der Waals surface area contributed by atoms with Crippen LogP contribution in [0.15, 0.2) is 71.9 Å². The number of sulfonamides is 1. The smallest absolute Gasteiger partial charge is 0.251 e. The Balaban J connectivity index is 1.36. The van der Waals surface area contributed by atoms with Crippen LogP contribution in [-0.4, -0.2) is 43.4 Å². The number of carbonyl (C=O) groups excluding carboxylic acids is 1. The molecule has 0 aliphatic carbocycles. The average molecular weight is 441 g/mol. The number of carbonyl (C=O) groups is 1. The van der Waals surface area contributed by atoms with E-state index >= 15 is 0 Å². The van der Waals surface area contributed by atoms with Gasteiger partial charge in [-0.25, -0.2) is 17.8 Å². The number of aromatic nitrogens is 2. The van der Waals surface area contributed by atoms with Crippen LogP contribution in [0.3, 0.4) is 0 Å². The number of rotatable bonds is 8. The maximum absolute atomic E-state index is 12.6. The highest BCUT2D eigenvalue weighted by molar-refractivity contribution is 7.89. The molecule has 1 aliphatic heterocycles. The monoisotopic (exact) mass is 440 g/mol. The van der Waals surface area contributed by atoms with E-state index in [1.807, 2.05) is 36.5 Å². The molecular weight excluding hydrogens is 416 g/mol. The Morgan fingerprint density at radius 1 is 1.16 bits per heavy atom. The first-order valence-corrected chi connectivity index (χ1v) is 11.6. The molecule has 4 rings (SSSR count). The number of ether oxygens (including phenoxy) is 1. The van der Waals surface area contributed by atoms with E-state index < -0.39 is 10.0 Å². The molecular formula is C22H24N4O4S. The summed E-state index contributed by atoms with van der Waals surface area (Å²) in [6.45, 7) is 1.22. The van der Waals surface area contributed by atoms with Crippen molar-refractivity contribution < 1.29 is 17.9 Å². The van der Waals surface area contributed by atoms with Gasteiger partial charge in [0.2, 0.25) is 10.0 Å². The van der Waals surface area contributed by atoms with Gasteiger partial charge < -0.3 is 10.1 Å². The molecule has 1 aliphatic rings. The van der Waals surface area contributed by atoms with Crippen molar-refractivity contribution in [3.8, 4) is 5.69 Å². The van der Waals surface area contributed by atoms with E-state index in [4.69, 9.17) is 4.74 Å². The van der Waals surface area contributed by atoms with E-state index in [0.29, 0.717) is 13.2 Å². The molecule has 1 aromatic heterocycles. The third-order valence-electron chi connectivity index (χ3n) is 5.09. The first-order chi connectivity index (χ1) is 15.0. The van der Waals surface area contributed by atoms with Gasteiger partial charge >= 0.3 is 0 Å². The molecule has 2 heterocycles. The Hall–Kier alpha value is -3.01. The van der Waals surface area contributed by atoms with E-state index in [2.05, 4.69) is 15.1 Å². The second kappa shape index (κ2) is 9.42. The largest absolute Gasteiger partial charge is 0.377 e. The highest BCUT2D eigenvalue weighted by Crippen LogP contribution is 2.15. The van der Waals surface area contributed by atoms with E-state index in [-0.39, 0.29) is 29.0 Å². The Morgan fingerprint density at radius 3 is 2.71 bits per heavy atom. The second-order valence-electron chi connectivity index (χ2n) is 7.31. The fourth-order valence-corrected chi connectivity index (χ4v) is 4.48. The highest BCUT2D eigenvalue weighted by atomic mass is 32.2. The standard InChI is InChI=1S/C22H24N4O4S/c27-22(23-15-17-7-9-19(10-8-17)26-12-3-11-24-26)18-4-1-6-21(14-18)31(28,29)25-16-20-5-2-13-30-20/h1,3-4,6-12,14,20,25H,2,5,13,15-16H2,(H,23,27). The van der Waals surface area contributed by atoms with Gasteiger partial charge in [-0.1, -0.05) is 18.2 Å². The number of nitrogens with zero attached hydrogens (tertiary/aromatic N) is 2. The zero-order valence-corrected chi connectivity index (χ0v) is 17.7. The molecule has 8 nitrogen and oxygen atoms in total. The zero-order valence-electron chi connectivity index (χ0n) is 16.9. The number of hydrogen-bond donors (Lipinski definition) is 2. The quantitative estimate of drug-likeness (QED) is 0.559. The maximum Gasteiger partial charge on any atom is 0.251 e. The summed E-state index contributed by atoms with van der Waals surface area (Å²) < 4.78 is 34.9. The molecule has 9 heteroatoms. The summed E-state index contributed by atoms with van der Waals surface area (Å²) in [5.74, 6) is -0.340. The molecule has 0 spiro atoms. The predicted molar refractivity (Wildman–Crippen MR) is 115 cm³/mol. The summed E-state index contributed by atoms with van der Waals surface area (Å²) in [4.78, 5) is 12.6. The average Bonchev–Trinajstić information content (AvgIpc) is 3.51. The summed E-state index contributed by atoms with van der Waals surface area (Å²) in [5.41, 5.74) is 2.13. The van der Waals surface area contributed by atoms with Crippen LogP contribution in [-0.2, 0) is 21.3 Å². The third kappa shape index (κ3) is 5.38. The second-order valence-corrected chi connectivity index (χ2v) is 9.08. The number of benzene rings is 2. The van der Waals surface area contributed by atoms with Crippen molar-refractivity contribution >= 4 is 15.9 Å². The minimum absolute atomic E-state index is 0.0572. The fraction of sp³-hybridized carbons (Fsp3) is 0.273. The summed E-state index contributed by atoms with van der Waals surface area (Å²) in [5, 5.41) is 7.01. The Kier molecular flexibility index (Phi) is 6.45. The van der Waals surface area contributed by atoms with Crippen molar-refractivity contribution in [3.63, 3.8) is 0 Å². The Morgan fingerprint density at radius 2 is 2.00 bits per heavy atom. The Labute approximate surface area is 181 Å². The summed E-state index contributed by atoms with van der Waals surface area (Å²) in [6, 6.07) is 15.5. The fourth-order valence-electron chi connectivity index (χ4n) is 3.37. The highest BCUT2D eigenvalue weighted by Gasteiger charge is 2.21. The van der Waals surface area contributed by atoms with E-state index in [0.717, 1.165) is 24.1 Å². The van der Waals surface area contributed by atoms with Gasteiger partial charge in [0.1, 0.15) is 0 Å². The molecule has 1 amide bonds. The van der Waals surface area contributed by atoms with Gasteiger partial charge in [-0.2, -0.15) is 5.10 Å². The van der Waals surface area contributed by atoms with E-state index in [1.165, 1.54) is 12.1 Å². The van der Waals surface area contributed by atoms with Gasteiger partial charge in [-0.15, -0.1) is 0 Å². The minimum atomic E-state index is -3.72. The first-order valence-electron chi connectivity index (χ1n) is 10.1. The van der Waals surface area contributed by atoms with Crippen molar-refractivity contribution in [2.45, 2.75) is 30.4 Å². The Bertz CT molecular complexity index is 1120. The molecule has 0 saturated carbocycles. The molecule has 0 bridgehead atoms. The molecule has 1 unspecified atom stereocenters. The maximum atomic E-state index is 12.6. The van der Waals surface area contributed by atoms with Crippen LogP contribution in [0.1, 0.15) is 28.8 Å². The van der Waals surface area contributed by atoms with E-state index in [9.17, 15) is 13.2 Å². The van der Waals surface area contributed by atoms with Gasteiger partial charge in [0.25, 0.3) is 5.91 Å². The van der Waals surface area contributed by atoms with Crippen molar-refractivity contribution in [2.75, 3.05) is 13.2 Å². The lowest BCUT2D eigenvalue weighted by molar-refractivity contribution is 0.0950. The zero-order chi connectivity index (χ0) is 21.7. The number of hydrogen-bond acceptors (Lipinski definition) is 5. The van der Waals surface area contributed by atoms with Crippen molar-refractivity contribution in [1.29, 1.82) is 0 Å². The predicted octanol–water partition coefficient (Wildman–Crippen LogP) is 2.26. The molecule has 31 heavy (non-hydrogen) atoms. The van der Waals surface area contributed by atoms with Crippen LogP contribution in [0.5, 0.6) is 0 Å².